The van der Waals surface area contributed by atoms with Gasteiger partial charge in [-0.2, -0.15) is 5.10 Å². The molecule has 5 nitrogen and oxygen atoms in total. The van der Waals surface area contributed by atoms with Gasteiger partial charge in [0.1, 0.15) is 0 Å². The summed E-state index contributed by atoms with van der Waals surface area (Å²) in [5.74, 6) is -1.02. The van der Waals surface area contributed by atoms with Gasteiger partial charge in [0.25, 0.3) is 0 Å². The summed E-state index contributed by atoms with van der Waals surface area (Å²) in [7, 11) is 1.87. The minimum atomic E-state index is -1.02. The molecule has 2 aromatic rings. The van der Waals surface area contributed by atoms with E-state index in [9.17, 15) is 4.79 Å². The quantitative estimate of drug-likeness (QED) is 0.745. The predicted octanol–water partition coefficient (Wildman–Crippen LogP) is 1.49. The van der Waals surface area contributed by atoms with E-state index in [1.807, 2.05) is 37.4 Å². The van der Waals surface area contributed by atoms with Crippen LogP contribution in [0, 0.1) is 0 Å². The van der Waals surface area contributed by atoms with E-state index in [0.717, 1.165) is 17.6 Å². The van der Waals surface area contributed by atoms with Crippen molar-refractivity contribution in [1.82, 2.24) is 15.5 Å². The maximum Gasteiger partial charge on any atom is 0.357 e. The van der Waals surface area contributed by atoms with Crippen molar-refractivity contribution in [3.63, 3.8) is 0 Å². The number of hydrogen-bond donors (Lipinski definition) is 3. The van der Waals surface area contributed by atoms with Gasteiger partial charge in [-0.1, -0.05) is 18.2 Å². The number of likely N-dealkylation sites (N-methyl/N-ethyl adjacent to an activating group) is 1. The number of fused-ring (bicyclic) bond motifs is 1. The lowest BCUT2D eigenvalue weighted by atomic mass is 10.1. The molecule has 0 spiro atoms. The molecule has 17 heavy (non-hydrogen) atoms. The maximum atomic E-state index is 10.9. The summed E-state index contributed by atoms with van der Waals surface area (Å²) in [6.07, 6.45) is 3.91. The molecule has 2 rings (SSSR count). The Morgan fingerprint density at radius 2 is 2.41 bits per heavy atom. The zero-order valence-electron chi connectivity index (χ0n) is 9.40. The average molecular weight is 231 g/mol. The predicted molar refractivity (Wildman–Crippen MR) is 66.0 cm³/mol. The third-order valence-corrected chi connectivity index (χ3v) is 2.42. The van der Waals surface area contributed by atoms with Crippen LogP contribution in [-0.2, 0) is 0 Å². The largest absolute Gasteiger partial charge is 0.476 e. The number of carboxylic acids is 1. The highest BCUT2D eigenvalue weighted by Gasteiger charge is 2.12. The molecule has 0 bridgehead atoms. The van der Waals surface area contributed by atoms with E-state index >= 15 is 0 Å². The molecule has 0 aliphatic carbocycles. The van der Waals surface area contributed by atoms with Crippen LogP contribution in [0.15, 0.2) is 24.3 Å². The highest BCUT2D eigenvalue weighted by atomic mass is 16.4. The highest BCUT2D eigenvalue weighted by Crippen LogP contribution is 2.18. The number of benzene rings is 1. The van der Waals surface area contributed by atoms with Gasteiger partial charge in [0.15, 0.2) is 5.69 Å². The molecular weight excluding hydrogens is 218 g/mol. The number of aromatic carboxylic acids is 1. The Hall–Kier alpha value is -2.14. The molecule has 0 fully saturated rings. The first-order chi connectivity index (χ1) is 8.22. The number of rotatable bonds is 4. The fourth-order valence-electron chi connectivity index (χ4n) is 1.61. The van der Waals surface area contributed by atoms with Crippen molar-refractivity contribution in [2.45, 2.75) is 0 Å². The molecule has 0 saturated heterocycles. The van der Waals surface area contributed by atoms with Gasteiger partial charge in [-0.25, -0.2) is 4.79 Å². The van der Waals surface area contributed by atoms with E-state index in [0.29, 0.717) is 5.39 Å². The zero-order chi connectivity index (χ0) is 12.3. The van der Waals surface area contributed by atoms with Gasteiger partial charge in [0.2, 0.25) is 0 Å². The standard InChI is InChI=1S/C12H13N3O2/c1-13-6-2-3-8-4-5-10-9(7-8)11(12(16)17)15-14-10/h2-5,7,13H,6H2,1H3,(H,14,15)(H,16,17). The number of aromatic amines is 1. The summed E-state index contributed by atoms with van der Waals surface area (Å²) in [4.78, 5) is 10.9. The third-order valence-electron chi connectivity index (χ3n) is 2.42. The smallest absolute Gasteiger partial charge is 0.357 e. The topological polar surface area (TPSA) is 78.0 Å². The van der Waals surface area contributed by atoms with Crippen LogP contribution in [0.5, 0.6) is 0 Å². The second kappa shape index (κ2) is 4.80. The summed E-state index contributed by atoms with van der Waals surface area (Å²) in [6, 6.07) is 5.56. The molecule has 1 aromatic heterocycles. The molecule has 5 heteroatoms. The van der Waals surface area contributed by atoms with Crippen molar-refractivity contribution in [2.24, 2.45) is 0 Å². The third kappa shape index (κ3) is 2.34. The Balaban J connectivity index is 2.41. The van der Waals surface area contributed by atoms with E-state index in [1.54, 1.807) is 0 Å². The van der Waals surface area contributed by atoms with E-state index in [4.69, 9.17) is 5.11 Å². The van der Waals surface area contributed by atoms with Crippen LogP contribution in [0.2, 0.25) is 0 Å². The Bertz CT molecular complexity index is 572. The second-order valence-electron chi connectivity index (χ2n) is 3.64. The molecule has 1 aromatic carbocycles. The number of carbonyl (C=O) groups is 1. The Morgan fingerprint density at radius 1 is 1.59 bits per heavy atom. The number of aromatic nitrogens is 2. The fraction of sp³-hybridized carbons (Fsp3) is 0.167. The molecule has 0 amide bonds. The van der Waals surface area contributed by atoms with Gasteiger partial charge in [-0.15, -0.1) is 0 Å². The monoisotopic (exact) mass is 231 g/mol. The summed E-state index contributed by atoms with van der Waals surface area (Å²) in [5.41, 5.74) is 1.74. The van der Waals surface area contributed by atoms with Crippen molar-refractivity contribution in [3.8, 4) is 0 Å². The lowest BCUT2D eigenvalue weighted by Crippen LogP contribution is -2.03. The van der Waals surface area contributed by atoms with Crippen LogP contribution < -0.4 is 5.32 Å². The first-order valence-electron chi connectivity index (χ1n) is 5.25. The first kappa shape index (κ1) is 11.3. The molecule has 0 aliphatic heterocycles. The average Bonchev–Trinajstić information content (AvgIpc) is 2.72. The molecule has 1 heterocycles. The van der Waals surface area contributed by atoms with Gasteiger partial charge in [0, 0.05) is 11.9 Å². The van der Waals surface area contributed by atoms with E-state index in [2.05, 4.69) is 15.5 Å². The van der Waals surface area contributed by atoms with Gasteiger partial charge >= 0.3 is 5.97 Å². The first-order valence-corrected chi connectivity index (χ1v) is 5.25. The van der Waals surface area contributed by atoms with Crippen molar-refractivity contribution >= 4 is 22.9 Å². The van der Waals surface area contributed by atoms with Crippen LogP contribution in [0.3, 0.4) is 0 Å². The summed E-state index contributed by atoms with van der Waals surface area (Å²) in [5, 5.41) is 19.1. The zero-order valence-corrected chi connectivity index (χ0v) is 9.40. The van der Waals surface area contributed by atoms with Crippen LogP contribution in [0.4, 0.5) is 0 Å². The van der Waals surface area contributed by atoms with Gasteiger partial charge in [0.05, 0.1) is 5.52 Å². The molecule has 0 atom stereocenters. The fourth-order valence-corrected chi connectivity index (χ4v) is 1.61. The van der Waals surface area contributed by atoms with Crippen molar-refractivity contribution in [3.05, 3.63) is 35.5 Å². The van der Waals surface area contributed by atoms with Crippen molar-refractivity contribution in [1.29, 1.82) is 0 Å². The van der Waals surface area contributed by atoms with Gasteiger partial charge < -0.3 is 10.4 Å². The Kier molecular flexibility index (Phi) is 3.20. The minimum absolute atomic E-state index is 0.0591. The summed E-state index contributed by atoms with van der Waals surface area (Å²) >= 11 is 0. The van der Waals surface area contributed by atoms with Crippen LogP contribution in [0.1, 0.15) is 16.1 Å². The number of nitrogens with zero attached hydrogens (tertiary/aromatic N) is 1. The van der Waals surface area contributed by atoms with Crippen LogP contribution in [-0.4, -0.2) is 34.9 Å². The number of nitrogens with one attached hydrogen (secondary N) is 2. The number of carboxylic acid groups (broad SMARTS) is 1. The normalized spacial score (nSPS) is 11.4. The van der Waals surface area contributed by atoms with Crippen molar-refractivity contribution in [2.75, 3.05) is 13.6 Å². The summed E-state index contributed by atoms with van der Waals surface area (Å²) < 4.78 is 0. The van der Waals surface area contributed by atoms with Crippen LogP contribution in [0.25, 0.3) is 17.0 Å². The lowest BCUT2D eigenvalue weighted by Gasteiger charge is -1.95. The Labute approximate surface area is 98.2 Å². The minimum Gasteiger partial charge on any atom is -0.476 e. The number of H-pyrrole nitrogens is 1. The molecular formula is C12H13N3O2. The molecule has 0 saturated carbocycles. The Morgan fingerprint density at radius 3 is 3.12 bits per heavy atom. The van der Waals surface area contributed by atoms with E-state index in [-0.39, 0.29) is 5.69 Å². The second-order valence-corrected chi connectivity index (χ2v) is 3.64. The van der Waals surface area contributed by atoms with E-state index < -0.39 is 5.97 Å². The molecule has 0 aliphatic rings. The van der Waals surface area contributed by atoms with Gasteiger partial charge in [-0.3, -0.25) is 5.10 Å². The molecule has 88 valence electrons. The molecule has 3 N–H and O–H groups in total. The highest BCUT2D eigenvalue weighted by molar-refractivity contribution is 6.01. The van der Waals surface area contributed by atoms with Crippen LogP contribution >= 0.6 is 0 Å². The molecule has 0 radical (unpaired) electrons. The van der Waals surface area contributed by atoms with E-state index in [1.165, 1.54) is 0 Å². The summed E-state index contributed by atoms with van der Waals surface area (Å²) in [6.45, 7) is 0.773. The SMILES string of the molecule is CNCC=Cc1ccc2[nH]nc(C(=O)O)c2c1. The maximum absolute atomic E-state index is 10.9. The number of hydrogen-bond acceptors (Lipinski definition) is 3. The van der Waals surface area contributed by atoms with Gasteiger partial charge in [-0.05, 0) is 24.7 Å². The molecule has 0 unspecified atom stereocenters. The lowest BCUT2D eigenvalue weighted by molar-refractivity contribution is 0.0692. The van der Waals surface area contributed by atoms with Crippen molar-refractivity contribution < 1.29 is 9.90 Å².